The molecule has 2 rings (SSSR count). The molecule has 0 amide bonds. The summed E-state index contributed by atoms with van der Waals surface area (Å²) in [5, 5.41) is 9.49. The molecule has 0 aliphatic carbocycles. The van der Waals surface area contributed by atoms with E-state index in [0.29, 0.717) is 24.6 Å². The van der Waals surface area contributed by atoms with Gasteiger partial charge in [0.05, 0.1) is 20.3 Å². The summed E-state index contributed by atoms with van der Waals surface area (Å²) in [6, 6.07) is 1.78. The van der Waals surface area contributed by atoms with E-state index >= 15 is 0 Å². The second kappa shape index (κ2) is 5.33. The van der Waals surface area contributed by atoms with Gasteiger partial charge in [-0.3, -0.25) is 9.88 Å². The van der Waals surface area contributed by atoms with Gasteiger partial charge in [-0.2, -0.15) is 0 Å². The Kier molecular flexibility index (Phi) is 3.81. The second-order valence-corrected chi connectivity index (χ2v) is 4.17. The third kappa shape index (κ3) is 2.68. The molecule has 0 aromatic carbocycles. The lowest BCUT2D eigenvalue weighted by Gasteiger charge is -2.17. The molecule has 1 fully saturated rings. The summed E-state index contributed by atoms with van der Waals surface area (Å²) >= 11 is 0. The number of pyridine rings is 1. The lowest BCUT2D eigenvalue weighted by molar-refractivity contribution is 0.174. The van der Waals surface area contributed by atoms with Crippen LogP contribution in [0, 0.1) is 0 Å². The average Bonchev–Trinajstić information content (AvgIpc) is 2.74. The van der Waals surface area contributed by atoms with Crippen LogP contribution in [0.1, 0.15) is 12.1 Å². The zero-order valence-corrected chi connectivity index (χ0v) is 10.2. The number of aromatic nitrogens is 1. The Hall–Kier alpha value is -1.33. The van der Waals surface area contributed by atoms with Crippen molar-refractivity contribution in [1.82, 2.24) is 9.88 Å². The topological polar surface area (TPSA) is 54.8 Å². The molecule has 1 aliphatic rings. The summed E-state index contributed by atoms with van der Waals surface area (Å²) in [6.07, 6.45) is 2.32. The van der Waals surface area contributed by atoms with Gasteiger partial charge in [-0.1, -0.05) is 0 Å². The first kappa shape index (κ1) is 12.1. The molecule has 5 nitrogen and oxygen atoms in total. The summed E-state index contributed by atoms with van der Waals surface area (Å²) in [7, 11) is 3.23. The molecule has 1 N–H and O–H groups in total. The maximum absolute atomic E-state index is 9.49. The average molecular weight is 238 g/mol. The van der Waals surface area contributed by atoms with Gasteiger partial charge in [0.2, 0.25) is 0 Å². The van der Waals surface area contributed by atoms with Crippen molar-refractivity contribution in [3.63, 3.8) is 0 Å². The van der Waals surface area contributed by atoms with Crippen LogP contribution in [-0.2, 0) is 6.54 Å². The molecule has 2 heterocycles. The third-order valence-electron chi connectivity index (χ3n) is 2.99. The van der Waals surface area contributed by atoms with E-state index in [1.165, 1.54) is 0 Å². The summed E-state index contributed by atoms with van der Waals surface area (Å²) in [5.41, 5.74) is 0.848. The van der Waals surface area contributed by atoms with E-state index in [4.69, 9.17) is 9.47 Å². The maximum atomic E-state index is 9.49. The van der Waals surface area contributed by atoms with Gasteiger partial charge in [-0.15, -0.1) is 0 Å². The van der Waals surface area contributed by atoms with Crippen LogP contribution in [0.2, 0.25) is 0 Å². The van der Waals surface area contributed by atoms with Gasteiger partial charge in [-0.25, -0.2) is 0 Å². The van der Waals surface area contributed by atoms with Crippen LogP contribution < -0.4 is 9.47 Å². The molecular formula is C12H18N2O3. The molecular weight excluding hydrogens is 220 g/mol. The van der Waals surface area contributed by atoms with Crippen LogP contribution in [-0.4, -0.2) is 48.4 Å². The van der Waals surface area contributed by atoms with Crippen LogP contribution in [0.3, 0.4) is 0 Å². The molecule has 1 atom stereocenters. The molecule has 0 spiro atoms. The predicted molar refractivity (Wildman–Crippen MR) is 63.2 cm³/mol. The van der Waals surface area contributed by atoms with Crippen LogP contribution in [0.15, 0.2) is 12.3 Å². The SMILES string of the molecule is COc1ccnc(CN2CC[C@@H](O)C2)c1OC. The monoisotopic (exact) mass is 238 g/mol. The fourth-order valence-electron chi connectivity index (χ4n) is 2.13. The number of β-amino-alcohol motifs (C(OH)–C–C–N with tert-alkyl or cyclic N) is 1. The fourth-order valence-corrected chi connectivity index (χ4v) is 2.13. The van der Waals surface area contributed by atoms with Crippen LogP contribution >= 0.6 is 0 Å². The fraction of sp³-hybridized carbons (Fsp3) is 0.583. The molecule has 5 heteroatoms. The number of aliphatic hydroxyl groups is 1. The summed E-state index contributed by atoms with van der Waals surface area (Å²) in [6.45, 7) is 2.27. The van der Waals surface area contributed by atoms with Crippen molar-refractivity contribution in [2.75, 3.05) is 27.3 Å². The maximum Gasteiger partial charge on any atom is 0.183 e. The molecule has 0 bridgehead atoms. The van der Waals surface area contributed by atoms with E-state index in [2.05, 4.69) is 9.88 Å². The largest absolute Gasteiger partial charge is 0.493 e. The van der Waals surface area contributed by atoms with Crippen LogP contribution in [0.5, 0.6) is 11.5 Å². The molecule has 0 unspecified atom stereocenters. The van der Waals surface area contributed by atoms with Gasteiger partial charge in [0, 0.05) is 31.9 Å². The summed E-state index contributed by atoms with van der Waals surface area (Å²) in [5.74, 6) is 1.37. The molecule has 1 saturated heterocycles. The van der Waals surface area contributed by atoms with E-state index in [1.54, 1.807) is 26.5 Å². The van der Waals surface area contributed by atoms with Crippen molar-refractivity contribution >= 4 is 0 Å². The minimum atomic E-state index is -0.216. The number of ether oxygens (including phenoxy) is 2. The van der Waals surface area contributed by atoms with Crippen molar-refractivity contribution in [3.05, 3.63) is 18.0 Å². The quantitative estimate of drug-likeness (QED) is 0.835. The number of hydrogen-bond acceptors (Lipinski definition) is 5. The number of aliphatic hydroxyl groups excluding tert-OH is 1. The Bertz CT molecular complexity index is 384. The van der Waals surface area contributed by atoms with Crippen molar-refractivity contribution in [2.24, 2.45) is 0 Å². The molecule has 94 valence electrons. The van der Waals surface area contributed by atoms with Gasteiger partial charge >= 0.3 is 0 Å². The molecule has 1 aliphatic heterocycles. The zero-order chi connectivity index (χ0) is 12.3. The number of methoxy groups -OCH3 is 2. The van der Waals surface area contributed by atoms with Crippen molar-refractivity contribution in [3.8, 4) is 11.5 Å². The van der Waals surface area contributed by atoms with E-state index in [9.17, 15) is 5.11 Å². The number of nitrogens with zero attached hydrogens (tertiary/aromatic N) is 2. The first-order valence-corrected chi connectivity index (χ1v) is 5.71. The standard InChI is InChI=1S/C12H18N2O3/c1-16-11-3-5-13-10(12(11)17-2)8-14-6-4-9(15)7-14/h3,5,9,15H,4,6-8H2,1-2H3/t9-/m1/s1. The van der Waals surface area contributed by atoms with Crippen LogP contribution in [0.4, 0.5) is 0 Å². The Morgan fingerprint density at radius 2 is 2.29 bits per heavy atom. The van der Waals surface area contributed by atoms with Gasteiger partial charge in [0.15, 0.2) is 11.5 Å². The van der Waals surface area contributed by atoms with Gasteiger partial charge in [0.1, 0.15) is 5.69 Å². The van der Waals surface area contributed by atoms with Gasteiger partial charge < -0.3 is 14.6 Å². The highest BCUT2D eigenvalue weighted by molar-refractivity contribution is 5.42. The Labute approximate surface area is 101 Å². The highest BCUT2D eigenvalue weighted by atomic mass is 16.5. The first-order chi connectivity index (χ1) is 8.24. The highest BCUT2D eigenvalue weighted by Crippen LogP contribution is 2.30. The minimum absolute atomic E-state index is 0.216. The van der Waals surface area contributed by atoms with Crippen molar-refractivity contribution in [1.29, 1.82) is 0 Å². The second-order valence-electron chi connectivity index (χ2n) is 4.17. The summed E-state index contributed by atoms with van der Waals surface area (Å²) < 4.78 is 10.6. The minimum Gasteiger partial charge on any atom is -0.493 e. The molecule has 17 heavy (non-hydrogen) atoms. The highest BCUT2D eigenvalue weighted by Gasteiger charge is 2.22. The Morgan fingerprint density at radius 3 is 2.88 bits per heavy atom. The number of rotatable bonds is 4. The first-order valence-electron chi connectivity index (χ1n) is 5.71. The normalized spacial score (nSPS) is 20.5. The lowest BCUT2D eigenvalue weighted by Crippen LogP contribution is -2.22. The Balaban J connectivity index is 2.14. The van der Waals surface area contributed by atoms with Crippen LogP contribution in [0.25, 0.3) is 0 Å². The number of likely N-dealkylation sites (tertiary alicyclic amines) is 1. The molecule has 1 aromatic rings. The van der Waals surface area contributed by atoms with E-state index in [1.807, 2.05) is 0 Å². The van der Waals surface area contributed by atoms with Gasteiger partial charge in [0.25, 0.3) is 0 Å². The van der Waals surface area contributed by atoms with E-state index < -0.39 is 0 Å². The number of hydrogen-bond donors (Lipinski definition) is 1. The third-order valence-corrected chi connectivity index (χ3v) is 2.99. The Morgan fingerprint density at radius 1 is 1.47 bits per heavy atom. The van der Waals surface area contributed by atoms with Gasteiger partial charge in [-0.05, 0) is 6.42 Å². The van der Waals surface area contributed by atoms with E-state index in [0.717, 1.165) is 18.7 Å². The molecule has 0 saturated carbocycles. The smallest absolute Gasteiger partial charge is 0.183 e. The molecule has 1 aromatic heterocycles. The molecule has 0 radical (unpaired) electrons. The summed E-state index contributed by atoms with van der Waals surface area (Å²) in [4.78, 5) is 6.48. The predicted octanol–water partition coefficient (Wildman–Crippen LogP) is 0.665. The zero-order valence-electron chi connectivity index (χ0n) is 10.2. The van der Waals surface area contributed by atoms with Crippen molar-refractivity contribution in [2.45, 2.75) is 19.1 Å². The van der Waals surface area contributed by atoms with E-state index in [-0.39, 0.29) is 6.10 Å². The van der Waals surface area contributed by atoms with Crippen molar-refractivity contribution < 1.29 is 14.6 Å². The lowest BCUT2D eigenvalue weighted by atomic mass is 10.3.